The lowest BCUT2D eigenvalue weighted by atomic mass is 10.4. The van der Waals surface area contributed by atoms with Crippen LogP contribution in [0.3, 0.4) is 0 Å². The zero-order valence-electron chi connectivity index (χ0n) is 11.1. The molecule has 0 N–H and O–H groups in total. The molecule has 1 aromatic heterocycles. The maximum atomic E-state index is 12.5. The third-order valence-electron chi connectivity index (χ3n) is 2.49. The van der Waals surface area contributed by atoms with Gasteiger partial charge in [0.25, 0.3) is 10.0 Å². The van der Waals surface area contributed by atoms with E-state index in [1.165, 1.54) is 13.2 Å². The van der Waals surface area contributed by atoms with E-state index < -0.39 is 16.0 Å². The average molecular weight is 326 g/mol. The molecule has 0 bridgehead atoms. The van der Waals surface area contributed by atoms with E-state index in [1.54, 1.807) is 20.8 Å². The van der Waals surface area contributed by atoms with Crippen molar-refractivity contribution in [2.75, 3.05) is 13.7 Å². The lowest BCUT2D eigenvalue weighted by Gasteiger charge is -2.23. The number of sulfonamides is 1. The number of carbonyl (C=O) groups is 1. The minimum Gasteiger partial charge on any atom is -0.468 e. The molecule has 0 aliphatic rings. The van der Waals surface area contributed by atoms with Crippen LogP contribution in [-0.2, 0) is 19.6 Å². The summed E-state index contributed by atoms with van der Waals surface area (Å²) in [6.45, 7) is 4.81. The Morgan fingerprint density at radius 1 is 1.53 bits per heavy atom. The number of carbonyl (C=O) groups excluding carboxylic acids is 1. The normalized spacial score (nSPS) is 12.2. The van der Waals surface area contributed by atoms with Crippen molar-refractivity contribution in [3.05, 3.63) is 16.0 Å². The number of nitrogens with zero attached hydrogens (tertiary/aromatic N) is 1. The van der Waals surface area contributed by atoms with Gasteiger partial charge in [0, 0.05) is 6.04 Å². The third kappa shape index (κ3) is 3.68. The van der Waals surface area contributed by atoms with E-state index in [4.69, 9.17) is 11.6 Å². The zero-order valence-corrected chi connectivity index (χ0v) is 13.5. The summed E-state index contributed by atoms with van der Waals surface area (Å²) in [5, 5.41) is 0. The molecule has 108 valence electrons. The first-order valence-corrected chi connectivity index (χ1v) is 8.18. The Morgan fingerprint density at radius 3 is 2.47 bits per heavy atom. The van der Waals surface area contributed by atoms with Gasteiger partial charge in [-0.25, -0.2) is 8.42 Å². The number of halogens is 1. The molecule has 1 aromatic rings. The van der Waals surface area contributed by atoms with E-state index in [9.17, 15) is 13.2 Å². The van der Waals surface area contributed by atoms with Crippen LogP contribution in [0.5, 0.6) is 0 Å². The number of thiophene rings is 1. The second-order valence-corrected chi connectivity index (χ2v) is 8.01. The summed E-state index contributed by atoms with van der Waals surface area (Å²) in [6.07, 6.45) is 0. The van der Waals surface area contributed by atoms with Crippen molar-refractivity contribution in [3.63, 3.8) is 0 Å². The van der Waals surface area contributed by atoms with Crippen molar-refractivity contribution >= 4 is 38.9 Å². The van der Waals surface area contributed by atoms with Crippen molar-refractivity contribution in [1.82, 2.24) is 4.31 Å². The van der Waals surface area contributed by atoms with Gasteiger partial charge < -0.3 is 4.74 Å². The molecule has 0 unspecified atom stereocenters. The van der Waals surface area contributed by atoms with Crippen molar-refractivity contribution < 1.29 is 17.9 Å². The largest absolute Gasteiger partial charge is 0.468 e. The fraction of sp³-hybridized carbons (Fsp3) is 0.545. The first-order valence-electron chi connectivity index (χ1n) is 5.54. The molecule has 0 aromatic carbocycles. The molecule has 0 atom stereocenters. The predicted octanol–water partition coefficient (Wildman–Crippen LogP) is 2.28. The zero-order chi connectivity index (χ0) is 14.8. The van der Waals surface area contributed by atoms with E-state index in [0.29, 0.717) is 9.90 Å². The average Bonchev–Trinajstić information content (AvgIpc) is 2.66. The van der Waals surface area contributed by atoms with Crippen LogP contribution in [0.25, 0.3) is 0 Å². The van der Waals surface area contributed by atoms with Crippen LogP contribution in [-0.4, -0.2) is 38.4 Å². The molecule has 0 aliphatic carbocycles. The molecule has 1 heterocycles. The molecule has 0 saturated carbocycles. The molecule has 8 heteroatoms. The van der Waals surface area contributed by atoms with Crippen molar-refractivity contribution in [1.29, 1.82) is 0 Å². The Morgan fingerprint density at radius 2 is 2.11 bits per heavy atom. The molecule has 0 fully saturated rings. The maximum absolute atomic E-state index is 12.5. The highest BCUT2D eigenvalue weighted by atomic mass is 35.5. The Kier molecular flexibility index (Phi) is 5.37. The fourth-order valence-corrected chi connectivity index (χ4v) is 4.83. The SMILES string of the molecule is COC(=O)CN(C(C)C)S(=O)(=O)c1cc(C)c(Cl)s1. The highest BCUT2D eigenvalue weighted by molar-refractivity contribution is 7.91. The highest BCUT2D eigenvalue weighted by Gasteiger charge is 2.31. The molecule has 0 spiro atoms. The first-order chi connectivity index (χ1) is 8.70. The van der Waals surface area contributed by atoms with E-state index in [0.717, 1.165) is 15.6 Å². The second kappa shape index (κ2) is 6.21. The van der Waals surface area contributed by atoms with Gasteiger partial charge in [-0.15, -0.1) is 11.3 Å². The number of aryl methyl sites for hydroxylation is 1. The number of hydrogen-bond donors (Lipinski definition) is 0. The van der Waals surface area contributed by atoms with E-state index in [2.05, 4.69) is 4.74 Å². The van der Waals surface area contributed by atoms with Gasteiger partial charge in [0.2, 0.25) is 0 Å². The second-order valence-electron chi connectivity index (χ2n) is 4.24. The maximum Gasteiger partial charge on any atom is 0.321 e. The van der Waals surface area contributed by atoms with Gasteiger partial charge in [0.15, 0.2) is 0 Å². The number of rotatable bonds is 5. The number of methoxy groups -OCH3 is 1. The summed E-state index contributed by atoms with van der Waals surface area (Å²) in [5.41, 5.74) is 0.701. The minimum atomic E-state index is -3.74. The molecule has 0 amide bonds. The Balaban J connectivity index is 3.16. The molecular weight excluding hydrogens is 310 g/mol. The minimum absolute atomic E-state index is 0.132. The lowest BCUT2D eigenvalue weighted by molar-refractivity contribution is -0.141. The summed E-state index contributed by atoms with van der Waals surface area (Å²) in [4.78, 5) is 11.3. The fourth-order valence-electron chi connectivity index (χ4n) is 1.41. The monoisotopic (exact) mass is 325 g/mol. The molecule has 19 heavy (non-hydrogen) atoms. The quantitative estimate of drug-likeness (QED) is 0.779. The van der Waals surface area contributed by atoms with Crippen molar-refractivity contribution in [2.24, 2.45) is 0 Å². The first kappa shape index (κ1) is 16.4. The predicted molar refractivity (Wildman–Crippen MR) is 75.1 cm³/mol. The Hall–Kier alpha value is -0.630. The van der Waals surface area contributed by atoms with Crippen LogP contribution in [0.1, 0.15) is 19.4 Å². The molecule has 0 aliphatic heterocycles. The standard InChI is InChI=1S/C11H16ClNO4S2/c1-7(2)13(6-9(14)17-4)19(15,16)10-5-8(3)11(12)18-10/h5,7H,6H2,1-4H3. The molecule has 1 rings (SSSR count). The van der Waals surface area contributed by atoms with Gasteiger partial charge in [-0.1, -0.05) is 11.6 Å². The van der Waals surface area contributed by atoms with Crippen LogP contribution in [0.4, 0.5) is 0 Å². The lowest BCUT2D eigenvalue weighted by Crippen LogP contribution is -2.40. The van der Waals surface area contributed by atoms with Gasteiger partial charge in [0.1, 0.15) is 10.8 Å². The van der Waals surface area contributed by atoms with E-state index in [-0.39, 0.29) is 16.8 Å². The van der Waals surface area contributed by atoms with Crippen LogP contribution in [0, 0.1) is 6.92 Å². The summed E-state index contributed by atoms with van der Waals surface area (Å²) in [7, 11) is -2.52. The third-order valence-corrected chi connectivity index (χ3v) is 6.51. The van der Waals surface area contributed by atoms with E-state index >= 15 is 0 Å². The summed E-state index contributed by atoms with van der Waals surface area (Å²) < 4.78 is 31.1. The van der Waals surface area contributed by atoms with Crippen LogP contribution < -0.4 is 0 Å². The highest BCUT2D eigenvalue weighted by Crippen LogP contribution is 2.32. The van der Waals surface area contributed by atoms with Crippen molar-refractivity contribution in [3.8, 4) is 0 Å². The van der Waals surface area contributed by atoms with Gasteiger partial charge in [0.05, 0.1) is 11.4 Å². The van der Waals surface area contributed by atoms with Gasteiger partial charge in [-0.2, -0.15) is 4.31 Å². The summed E-state index contributed by atoms with van der Waals surface area (Å²) >= 11 is 6.88. The van der Waals surface area contributed by atoms with Crippen LogP contribution in [0.2, 0.25) is 4.34 Å². The smallest absolute Gasteiger partial charge is 0.321 e. The number of ether oxygens (including phenoxy) is 1. The summed E-state index contributed by atoms with van der Waals surface area (Å²) in [6, 6.07) is 1.15. The molecule has 0 saturated heterocycles. The van der Waals surface area contributed by atoms with Gasteiger partial charge in [-0.3, -0.25) is 4.79 Å². The molecular formula is C11H16ClNO4S2. The Bertz CT molecular complexity index is 546. The van der Waals surface area contributed by atoms with Crippen LogP contribution in [0.15, 0.2) is 10.3 Å². The van der Waals surface area contributed by atoms with Gasteiger partial charge >= 0.3 is 5.97 Å². The topological polar surface area (TPSA) is 63.7 Å². The number of esters is 1. The summed E-state index contributed by atoms with van der Waals surface area (Å²) in [5.74, 6) is -0.600. The Labute approximate surface area is 122 Å². The van der Waals surface area contributed by atoms with Crippen LogP contribution >= 0.6 is 22.9 Å². The molecule has 5 nitrogen and oxygen atoms in total. The number of hydrogen-bond acceptors (Lipinski definition) is 5. The molecule has 0 radical (unpaired) electrons. The van der Waals surface area contributed by atoms with E-state index in [1.807, 2.05) is 0 Å². The van der Waals surface area contributed by atoms with Crippen molar-refractivity contribution in [2.45, 2.75) is 31.0 Å². The van der Waals surface area contributed by atoms with Gasteiger partial charge in [-0.05, 0) is 32.4 Å².